The highest BCUT2D eigenvalue weighted by Crippen LogP contribution is 2.31. The lowest BCUT2D eigenvalue weighted by Gasteiger charge is -2.13. The van der Waals surface area contributed by atoms with Gasteiger partial charge in [0, 0.05) is 17.7 Å². The van der Waals surface area contributed by atoms with Gasteiger partial charge in [-0.1, -0.05) is 37.3 Å². The number of benzene rings is 2. The van der Waals surface area contributed by atoms with Crippen LogP contribution >= 0.6 is 0 Å². The number of carbonyl (C=O) groups is 2. The van der Waals surface area contributed by atoms with E-state index in [4.69, 9.17) is 5.11 Å². The molecule has 4 nitrogen and oxygen atoms in total. The van der Waals surface area contributed by atoms with Crippen LogP contribution in [0.5, 0.6) is 0 Å². The molecule has 2 N–H and O–H groups in total. The maximum atomic E-state index is 13.0. The highest BCUT2D eigenvalue weighted by molar-refractivity contribution is 5.96. The first-order valence-electron chi connectivity index (χ1n) is 8.19. The quantitative estimate of drug-likeness (QED) is 0.728. The van der Waals surface area contributed by atoms with Crippen LogP contribution in [0.2, 0.25) is 0 Å². The van der Waals surface area contributed by atoms with Crippen LogP contribution in [0.25, 0.3) is 6.08 Å². The van der Waals surface area contributed by atoms with Crippen molar-refractivity contribution in [3.05, 3.63) is 76.4 Å². The number of alkyl halides is 3. The molecule has 1 amide bonds. The topological polar surface area (TPSA) is 66.4 Å². The SMILES string of the molecule is CC/C(=C\c1cccc(C(=O)NCc2ccccc2C(F)(F)F)c1)C(=O)O. The fraction of sp³-hybridized carbons (Fsp3) is 0.200. The van der Waals surface area contributed by atoms with Gasteiger partial charge in [-0.3, -0.25) is 4.79 Å². The molecule has 0 atom stereocenters. The second kappa shape index (κ2) is 8.53. The lowest BCUT2D eigenvalue weighted by Crippen LogP contribution is -2.24. The van der Waals surface area contributed by atoms with Crippen molar-refractivity contribution in [2.45, 2.75) is 26.1 Å². The number of carboxylic acid groups (broad SMARTS) is 1. The van der Waals surface area contributed by atoms with Crippen molar-refractivity contribution in [2.75, 3.05) is 0 Å². The molecule has 0 unspecified atom stereocenters. The molecule has 0 aliphatic carbocycles. The molecule has 0 saturated heterocycles. The first kappa shape index (κ1) is 20.2. The number of amides is 1. The number of aliphatic carboxylic acids is 1. The average molecular weight is 377 g/mol. The van der Waals surface area contributed by atoms with Crippen LogP contribution in [0.15, 0.2) is 54.1 Å². The molecule has 27 heavy (non-hydrogen) atoms. The second-order valence-electron chi connectivity index (χ2n) is 5.79. The zero-order chi connectivity index (χ0) is 20.0. The standard InChI is InChI=1S/C20H18F3NO3/c1-2-14(19(26)27)10-13-6-5-8-15(11-13)18(25)24-12-16-7-3-4-9-17(16)20(21,22)23/h3-11H,2,12H2,1H3,(H,24,25)(H,26,27)/b14-10+. The Balaban J connectivity index is 2.16. The summed E-state index contributed by atoms with van der Waals surface area (Å²) in [6.45, 7) is 1.43. The summed E-state index contributed by atoms with van der Waals surface area (Å²) in [7, 11) is 0. The Hall–Kier alpha value is -3.09. The molecule has 2 aromatic rings. The molecule has 0 fully saturated rings. The van der Waals surface area contributed by atoms with Crippen molar-refractivity contribution in [1.82, 2.24) is 5.32 Å². The van der Waals surface area contributed by atoms with Crippen LogP contribution in [-0.4, -0.2) is 17.0 Å². The lowest BCUT2D eigenvalue weighted by atomic mass is 10.1. The van der Waals surface area contributed by atoms with Crippen LogP contribution in [0.3, 0.4) is 0 Å². The zero-order valence-corrected chi connectivity index (χ0v) is 14.5. The molecular formula is C20H18F3NO3. The molecule has 0 bridgehead atoms. The molecule has 0 aliphatic heterocycles. The minimum Gasteiger partial charge on any atom is -0.478 e. The fourth-order valence-corrected chi connectivity index (χ4v) is 2.51. The Labute approximate surface area is 154 Å². The van der Waals surface area contributed by atoms with E-state index in [0.29, 0.717) is 12.0 Å². The number of nitrogens with one attached hydrogen (secondary N) is 1. The van der Waals surface area contributed by atoms with E-state index >= 15 is 0 Å². The van der Waals surface area contributed by atoms with E-state index < -0.39 is 23.6 Å². The van der Waals surface area contributed by atoms with Crippen molar-refractivity contribution >= 4 is 18.0 Å². The second-order valence-corrected chi connectivity index (χ2v) is 5.79. The molecule has 0 aliphatic rings. The summed E-state index contributed by atoms with van der Waals surface area (Å²) in [5.41, 5.74) is 0.114. The third-order valence-corrected chi connectivity index (χ3v) is 3.91. The summed E-state index contributed by atoms with van der Waals surface area (Å²) in [5, 5.41) is 11.5. The molecule has 2 rings (SSSR count). The number of hydrogen-bond donors (Lipinski definition) is 2. The molecule has 7 heteroatoms. The molecule has 2 aromatic carbocycles. The van der Waals surface area contributed by atoms with Crippen molar-refractivity contribution in [2.24, 2.45) is 0 Å². The van der Waals surface area contributed by atoms with E-state index in [-0.39, 0.29) is 23.2 Å². The van der Waals surface area contributed by atoms with Crippen molar-refractivity contribution in [3.8, 4) is 0 Å². The molecule has 0 heterocycles. The number of halogens is 3. The molecule has 0 spiro atoms. The van der Waals surface area contributed by atoms with E-state index in [1.54, 1.807) is 19.1 Å². The van der Waals surface area contributed by atoms with Crippen LogP contribution in [0.4, 0.5) is 13.2 Å². The summed E-state index contributed by atoms with van der Waals surface area (Å²) < 4.78 is 39.0. The minimum atomic E-state index is -4.50. The maximum absolute atomic E-state index is 13.0. The van der Waals surface area contributed by atoms with Gasteiger partial charge in [0.1, 0.15) is 0 Å². The lowest BCUT2D eigenvalue weighted by molar-refractivity contribution is -0.138. The first-order valence-corrected chi connectivity index (χ1v) is 8.19. The molecule has 0 saturated carbocycles. The average Bonchev–Trinajstić information content (AvgIpc) is 2.63. The third-order valence-electron chi connectivity index (χ3n) is 3.91. The first-order chi connectivity index (χ1) is 12.7. The number of hydrogen-bond acceptors (Lipinski definition) is 2. The van der Waals surface area contributed by atoms with Gasteiger partial charge in [0.25, 0.3) is 5.91 Å². The summed E-state index contributed by atoms with van der Waals surface area (Å²) in [6.07, 6.45) is -2.72. The monoisotopic (exact) mass is 377 g/mol. The number of carboxylic acids is 1. The minimum absolute atomic E-state index is 0.0338. The Bertz CT molecular complexity index is 873. The van der Waals surface area contributed by atoms with Gasteiger partial charge in [-0.25, -0.2) is 4.79 Å². The van der Waals surface area contributed by atoms with E-state index in [0.717, 1.165) is 6.07 Å². The molecule has 0 aromatic heterocycles. The highest BCUT2D eigenvalue weighted by Gasteiger charge is 2.32. The van der Waals surface area contributed by atoms with Gasteiger partial charge in [-0.2, -0.15) is 13.2 Å². The van der Waals surface area contributed by atoms with Crippen molar-refractivity contribution < 1.29 is 27.9 Å². The van der Waals surface area contributed by atoms with Crippen LogP contribution in [0.1, 0.15) is 40.4 Å². The predicted octanol–water partition coefficient (Wildman–Crippen LogP) is 4.51. The fourth-order valence-electron chi connectivity index (χ4n) is 2.51. The summed E-state index contributed by atoms with van der Waals surface area (Å²) in [4.78, 5) is 23.4. The van der Waals surface area contributed by atoms with E-state index in [9.17, 15) is 22.8 Å². The zero-order valence-electron chi connectivity index (χ0n) is 14.5. The van der Waals surface area contributed by atoms with Gasteiger partial charge < -0.3 is 10.4 Å². The Morgan fingerprint density at radius 3 is 2.44 bits per heavy atom. The Morgan fingerprint density at radius 2 is 1.81 bits per heavy atom. The van der Waals surface area contributed by atoms with Gasteiger partial charge in [0.05, 0.1) is 5.56 Å². The summed E-state index contributed by atoms with van der Waals surface area (Å²) in [6, 6.07) is 11.3. The number of rotatable bonds is 6. The molecular weight excluding hydrogens is 359 g/mol. The molecule has 142 valence electrons. The van der Waals surface area contributed by atoms with Crippen molar-refractivity contribution in [3.63, 3.8) is 0 Å². The maximum Gasteiger partial charge on any atom is 0.416 e. The van der Waals surface area contributed by atoms with Gasteiger partial charge in [0.2, 0.25) is 0 Å². The van der Waals surface area contributed by atoms with Crippen molar-refractivity contribution in [1.29, 1.82) is 0 Å². The van der Waals surface area contributed by atoms with Gasteiger partial charge >= 0.3 is 12.1 Å². The van der Waals surface area contributed by atoms with E-state index in [1.165, 1.54) is 36.4 Å². The van der Waals surface area contributed by atoms with Gasteiger partial charge in [-0.05, 0) is 41.8 Å². The number of carbonyl (C=O) groups excluding carboxylic acids is 1. The third kappa shape index (κ3) is 5.44. The Morgan fingerprint density at radius 1 is 1.11 bits per heavy atom. The van der Waals surface area contributed by atoms with Gasteiger partial charge in [-0.15, -0.1) is 0 Å². The van der Waals surface area contributed by atoms with Gasteiger partial charge in [0.15, 0.2) is 0 Å². The highest BCUT2D eigenvalue weighted by atomic mass is 19.4. The predicted molar refractivity (Wildman–Crippen MR) is 95.0 cm³/mol. The van der Waals surface area contributed by atoms with E-state index in [1.807, 2.05) is 0 Å². The largest absolute Gasteiger partial charge is 0.478 e. The van der Waals surface area contributed by atoms with Crippen LogP contribution < -0.4 is 5.32 Å². The van der Waals surface area contributed by atoms with Crippen LogP contribution in [0, 0.1) is 0 Å². The summed E-state index contributed by atoms with van der Waals surface area (Å²) >= 11 is 0. The van der Waals surface area contributed by atoms with Crippen LogP contribution in [-0.2, 0) is 17.5 Å². The normalized spacial score (nSPS) is 11.9. The Kier molecular flexibility index (Phi) is 6.39. The summed E-state index contributed by atoms with van der Waals surface area (Å²) in [5.74, 6) is -1.59. The molecule has 0 radical (unpaired) electrons. The van der Waals surface area contributed by atoms with E-state index in [2.05, 4.69) is 5.32 Å². The smallest absolute Gasteiger partial charge is 0.416 e.